The predicted molar refractivity (Wildman–Crippen MR) is 50.9 cm³/mol. The molecule has 0 saturated carbocycles. The van der Waals surface area contributed by atoms with E-state index in [0.29, 0.717) is 6.42 Å². The summed E-state index contributed by atoms with van der Waals surface area (Å²) in [6, 6.07) is 0. The molecule has 1 atom stereocenters. The molecule has 4 nitrogen and oxygen atoms in total. The van der Waals surface area contributed by atoms with E-state index in [1.165, 1.54) is 4.31 Å². The minimum absolute atomic E-state index is 0.100. The van der Waals surface area contributed by atoms with Gasteiger partial charge in [0.05, 0.1) is 11.9 Å². The Morgan fingerprint density at radius 2 is 2.08 bits per heavy atom. The highest BCUT2D eigenvalue weighted by Gasteiger charge is 2.43. The van der Waals surface area contributed by atoms with Gasteiger partial charge in [-0.15, -0.1) is 0 Å². The van der Waals surface area contributed by atoms with E-state index in [1.807, 2.05) is 13.8 Å². The van der Waals surface area contributed by atoms with E-state index in [2.05, 4.69) is 0 Å². The van der Waals surface area contributed by atoms with Gasteiger partial charge in [-0.25, -0.2) is 8.42 Å². The molecule has 0 aromatic rings. The fraction of sp³-hybridized carbons (Fsp3) is 1.00. The maximum atomic E-state index is 11.6. The molecule has 1 aliphatic rings. The van der Waals surface area contributed by atoms with Gasteiger partial charge in [0.2, 0.25) is 10.0 Å². The van der Waals surface area contributed by atoms with Crippen LogP contribution in [0.25, 0.3) is 0 Å². The van der Waals surface area contributed by atoms with Crippen molar-refractivity contribution in [2.24, 2.45) is 0 Å². The molecule has 1 N–H and O–H groups in total. The Labute approximate surface area is 79.6 Å². The number of nitrogens with zero attached hydrogens (tertiary/aromatic N) is 1. The second-order valence-electron chi connectivity index (χ2n) is 4.10. The summed E-state index contributed by atoms with van der Waals surface area (Å²) in [5, 5.41) is 9.39. The molecule has 1 aliphatic heterocycles. The van der Waals surface area contributed by atoms with Gasteiger partial charge in [0.15, 0.2) is 0 Å². The van der Waals surface area contributed by atoms with Crippen LogP contribution in [0.3, 0.4) is 0 Å². The van der Waals surface area contributed by atoms with Crippen molar-refractivity contribution >= 4 is 10.0 Å². The average molecular weight is 207 g/mol. The van der Waals surface area contributed by atoms with Crippen LogP contribution in [-0.4, -0.2) is 41.8 Å². The summed E-state index contributed by atoms with van der Waals surface area (Å²) in [7, 11) is -3.17. The molecule has 5 heteroatoms. The summed E-state index contributed by atoms with van der Waals surface area (Å²) < 4.78 is 24.6. The highest BCUT2D eigenvalue weighted by molar-refractivity contribution is 7.89. The molecule has 1 saturated heterocycles. The predicted octanol–water partition coefficient (Wildman–Crippen LogP) is 0.181. The van der Waals surface area contributed by atoms with Crippen molar-refractivity contribution in [1.29, 1.82) is 0 Å². The zero-order chi connectivity index (χ0) is 10.3. The van der Waals surface area contributed by atoms with Crippen LogP contribution in [0, 0.1) is 0 Å². The zero-order valence-corrected chi connectivity index (χ0v) is 9.13. The van der Waals surface area contributed by atoms with E-state index in [1.54, 1.807) is 6.92 Å². The summed E-state index contributed by atoms with van der Waals surface area (Å²) in [5.74, 6) is 0.100. The zero-order valence-electron chi connectivity index (χ0n) is 8.32. The Morgan fingerprint density at radius 3 is 2.38 bits per heavy atom. The molecule has 78 valence electrons. The second kappa shape index (κ2) is 3.22. The Balaban J connectivity index is 2.94. The number of β-amino-alcohol motifs (C(OH)–C–C–N with tert-alkyl or cyclic N) is 1. The first-order chi connectivity index (χ1) is 5.79. The topological polar surface area (TPSA) is 57.6 Å². The van der Waals surface area contributed by atoms with Gasteiger partial charge in [-0.2, -0.15) is 4.31 Å². The summed E-state index contributed by atoms with van der Waals surface area (Å²) in [4.78, 5) is 0. The number of rotatable bonds is 2. The van der Waals surface area contributed by atoms with E-state index in [4.69, 9.17) is 0 Å². The first kappa shape index (κ1) is 10.9. The highest BCUT2D eigenvalue weighted by atomic mass is 32.2. The second-order valence-corrected chi connectivity index (χ2v) is 6.28. The summed E-state index contributed by atoms with van der Waals surface area (Å²) in [6.07, 6.45) is 0.00278. The molecule has 0 spiro atoms. The molecule has 0 bridgehead atoms. The molecule has 1 unspecified atom stereocenters. The van der Waals surface area contributed by atoms with Crippen molar-refractivity contribution in [2.45, 2.75) is 38.8 Å². The maximum absolute atomic E-state index is 11.6. The van der Waals surface area contributed by atoms with Crippen LogP contribution >= 0.6 is 0 Å². The van der Waals surface area contributed by atoms with Crippen LogP contribution in [0.1, 0.15) is 27.2 Å². The van der Waals surface area contributed by atoms with Crippen molar-refractivity contribution in [2.75, 3.05) is 12.3 Å². The van der Waals surface area contributed by atoms with Gasteiger partial charge in [0.25, 0.3) is 0 Å². The molecule has 1 heterocycles. The largest absolute Gasteiger partial charge is 0.392 e. The van der Waals surface area contributed by atoms with Gasteiger partial charge in [-0.3, -0.25) is 0 Å². The number of hydrogen-bond acceptors (Lipinski definition) is 3. The highest BCUT2D eigenvalue weighted by Crippen LogP contribution is 2.31. The average Bonchev–Trinajstić information content (AvgIpc) is 2.25. The Bertz CT molecular complexity index is 284. The van der Waals surface area contributed by atoms with Gasteiger partial charge < -0.3 is 5.11 Å². The molecule has 0 radical (unpaired) electrons. The molecule has 0 amide bonds. The summed E-state index contributed by atoms with van der Waals surface area (Å²) in [6.45, 7) is 5.55. The third-order valence-electron chi connectivity index (χ3n) is 2.49. The van der Waals surface area contributed by atoms with E-state index in [9.17, 15) is 13.5 Å². The van der Waals surface area contributed by atoms with E-state index in [0.717, 1.165) is 0 Å². The van der Waals surface area contributed by atoms with Crippen molar-refractivity contribution in [3.05, 3.63) is 0 Å². The quantitative estimate of drug-likeness (QED) is 0.703. The Morgan fingerprint density at radius 1 is 1.54 bits per heavy atom. The first-order valence-electron chi connectivity index (χ1n) is 4.48. The number of hydrogen-bond donors (Lipinski definition) is 1. The molecule has 13 heavy (non-hydrogen) atoms. The van der Waals surface area contributed by atoms with Crippen molar-refractivity contribution in [3.63, 3.8) is 0 Å². The molecular formula is C8H17NO3S. The van der Waals surface area contributed by atoms with E-state index >= 15 is 0 Å². The smallest absolute Gasteiger partial charge is 0.214 e. The third kappa shape index (κ3) is 2.03. The minimum Gasteiger partial charge on any atom is -0.392 e. The van der Waals surface area contributed by atoms with Crippen LogP contribution in [-0.2, 0) is 10.0 Å². The van der Waals surface area contributed by atoms with E-state index < -0.39 is 21.7 Å². The monoisotopic (exact) mass is 207 g/mol. The van der Waals surface area contributed by atoms with Crippen LogP contribution in [0.5, 0.6) is 0 Å². The first-order valence-corrected chi connectivity index (χ1v) is 6.09. The summed E-state index contributed by atoms with van der Waals surface area (Å²) >= 11 is 0. The normalized spacial score (nSPS) is 29.4. The molecular weight excluding hydrogens is 190 g/mol. The van der Waals surface area contributed by atoms with Crippen LogP contribution in [0.4, 0.5) is 0 Å². The van der Waals surface area contributed by atoms with Gasteiger partial charge in [-0.1, -0.05) is 0 Å². The Hall–Kier alpha value is -0.130. The van der Waals surface area contributed by atoms with Crippen molar-refractivity contribution in [1.82, 2.24) is 4.31 Å². The van der Waals surface area contributed by atoms with Gasteiger partial charge >= 0.3 is 0 Å². The standard InChI is InChI=1S/C8H17NO3S/c1-4-13(11,12)9-6-7(10)5-8(9,2)3/h7,10H,4-6H2,1-3H3. The van der Waals surface area contributed by atoms with E-state index in [-0.39, 0.29) is 12.3 Å². The maximum Gasteiger partial charge on any atom is 0.214 e. The molecule has 1 rings (SSSR count). The summed E-state index contributed by atoms with van der Waals surface area (Å²) in [5.41, 5.74) is -0.436. The lowest BCUT2D eigenvalue weighted by Gasteiger charge is -2.29. The number of aliphatic hydroxyl groups is 1. The van der Waals surface area contributed by atoms with Crippen molar-refractivity contribution < 1.29 is 13.5 Å². The van der Waals surface area contributed by atoms with Crippen LogP contribution in [0.15, 0.2) is 0 Å². The number of aliphatic hydroxyl groups excluding tert-OH is 1. The molecule has 0 aromatic heterocycles. The molecule has 0 aliphatic carbocycles. The van der Waals surface area contributed by atoms with Gasteiger partial charge in [-0.05, 0) is 27.2 Å². The third-order valence-corrected chi connectivity index (χ3v) is 4.53. The lowest BCUT2D eigenvalue weighted by Crippen LogP contribution is -2.43. The van der Waals surface area contributed by atoms with Crippen LogP contribution < -0.4 is 0 Å². The minimum atomic E-state index is -3.17. The molecule has 0 aromatic carbocycles. The van der Waals surface area contributed by atoms with Crippen molar-refractivity contribution in [3.8, 4) is 0 Å². The SMILES string of the molecule is CCS(=O)(=O)N1CC(O)CC1(C)C. The molecule has 1 fully saturated rings. The fourth-order valence-corrected chi connectivity index (χ4v) is 3.37. The Kier molecular flexibility index (Phi) is 2.71. The van der Waals surface area contributed by atoms with Gasteiger partial charge in [0, 0.05) is 12.1 Å². The lowest BCUT2D eigenvalue weighted by atomic mass is 10.0. The lowest BCUT2D eigenvalue weighted by molar-refractivity contribution is 0.187. The number of sulfonamides is 1. The van der Waals surface area contributed by atoms with Crippen LogP contribution in [0.2, 0.25) is 0 Å². The fourth-order valence-electron chi connectivity index (χ4n) is 1.83. The van der Waals surface area contributed by atoms with Gasteiger partial charge in [0.1, 0.15) is 0 Å².